The first-order valence-electron chi connectivity index (χ1n) is 5.09. The van der Waals surface area contributed by atoms with E-state index in [0.29, 0.717) is 0 Å². The van der Waals surface area contributed by atoms with Crippen molar-refractivity contribution in [3.05, 3.63) is 28.3 Å². The van der Waals surface area contributed by atoms with Crippen LogP contribution in [-0.4, -0.2) is 36.6 Å². The molecule has 0 aliphatic carbocycles. The quantitative estimate of drug-likeness (QED) is 0.243. The second-order valence-corrected chi connectivity index (χ2v) is 3.49. The molecule has 10 heteroatoms. The average molecular weight is 290 g/mol. The van der Waals surface area contributed by atoms with Crippen molar-refractivity contribution in [2.24, 2.45) is 10.3 Å². The van der Waals surface area contributed by atoms with E-state index in [2.05, 4.69) is 10.3 Å². The Kier molecular flexibility index (Phi) is 7.74. The number of carboxylic acid groups (broad SMARTS) is 1. The topological polar surface area (TPSA) is 120 Å². The fraction of sp³-hybridized carbons (Fsp3) is 0.300. The molecule has 0 aliphatic heterocycles. The van der Waals surface area contributed by atoms with Gasteiger partial charge in [0, 0.05) is 13.1 Å². The molecule has 0 saturated heterocycles. The number of benzene rings is 1. The van der Waals surface area contributed by atoms with Crippen molar-refractivity contribution in [3.8, 4) is 5.75 Å². The Bertz CT molecular complexity index is 522. The van der Waals surface area contributed by atoms with Crippen LogP contribution in [0.15, 0.2) is 28.5 Å². The minimum Gasteiger partial charge on any atom is -0.548 e. The molecule has 0 aliphatic rings. The molecular weight excluding hydrogens is 279 g/mol. The van der Waals surface area contributed by atoms with Gasteiger partial charge in [-0.25, -0.2) is 0 Å². The Balaban J connectivity index is 0.00000361. The summed E-state index contributed by atoms with van der Waals surface area (Å²) in [5, 5.41) is 29.3. The number of nitro benzene ring substituents is 1. The second kappa shape index (κ2) is 8.46. The van der Waals surface area contributed by atoms with Crippen LogP contribution in [0.5, 0.6) is 5.75 Å². The average Bonchev–Trinajstić information content (AvgIpc) is 2.35. The van der Waals surface area contributed by atoms with E-state index in [9.17, 15) is 20.0 Å². The van der Waals surface area contributed by atoms with E-state index in [1.165, 1.54) is 32.4 Å². The maximum atomic E-state index is 10.6. The number of likely N-dealkylation sites (N-methyl/N-ethyl adjacent to an activating group) is 1. The van der Waals surface area contributed by atoms with E-state index >= 15 is 0 Å². The third kappa shape index (κ3) is 5.51. The summed E-state index contributed by atoms with van der Waals surface area (Å²) in [4.78, 5) is 20.3. The first-order valence-corrected chi connectivity index (χ1v) is 5.09. The molecule has 102 valence electrons. The third-order valence-corrected chi connectivity index (χ3v) is 2.04. The minimum absolute atomic E-state index is 0. The van der Waals surface area contributed by atoms with Crippen LogP contribution in [0.25, 0.3) is 0 Å². The molecule has 0 heterocycles. The van der Waals surface area contributed by atoms with Crippen LogP contribution >= 0.6 is 0 Å². The number of ether oxygens (including phenoxy) is 1. The summed E-state index contributed by atoms with van der Waals surface area (Å²) >= 11 is 0. The van der Waals surface area contributed by atoms with Crippen molar-refractivity contribution in [1.29, 1.82) is 0 Å². The second-order valence-electron chi connectivity index (χ2n) is 3.49. The Morgan fingerprint density at radius 1 is 1.50 bits per heavy atom. The van der Waals surface area contributed by atoms with Gasteiger partial charge < -0.3 is 14.6 Å². The van der Waals surface area contributed by atoms with Gasteiger partial charge in [0.05, 0.1) is 30.6 Å². The van der Waals surface area contributed by atoms with Crippen LogP contribution < -0.4 is 39.4 Å². The number of methoxy groups -OCH3 is 1. The Morgan fingerprint density at radius 2 is 2.15 bits per heavy atom. The molecule has 0 unspecified atom stereocenters. The van der Waals surface area contributed by atoms with Gasteiger partial charge in [0.25, 0.3) is 5.69 Å². The smallest absolute Gasteiger partial charge is 0.548 e. The Morgan fingerprint density at radius 3 is 2.65 bits per heavy atom. The van der Waals surface area contributed by atoms with Gasteiger partial charge >= 0.3 is 29.6 Å². The van der Waals surface area contributed by atoms with E-state index in [1.807, 2.05) is 0 Å². The van der Waals surface area contributed by atoms with E-state index in [1.54, 1.807) is 0 Å². The van der Waals surface area contributed by atoms with Crippen molar-refractivity contribution in [1.82, 2.24) is 5.01 Å². The monoisotopic (exact) mass is 290 g/mol. The summed E-state index contributed by atoms with van der Waals surface area (Å²) < 4.78 is 4.94. The van der Waals surface area contributed by atoms with Gasteiger partial charge in [0.2, 0.25) is 0 Å². The minimum atomic E-state index is -1.29. The van der Waals surface area contributed by atoms with Gasteiger partial charge in [0.15, 0.2) is 5.75 Å². The normalized spacial score (nSPS) is 9.90. The Hall–Kier alpha value is -1.71. The van der Waals surface area contributed by atoms with Gasteiger partial charge in [-0.1, -0.05) is 5.22 Å². The van der Waals surface area contributed by atoms with Crippen LogP contribution in [0, 0.1) is 10.1 Å². The van der Waals surface area contributed by atoms with Gasteiger partial charge in [-0.2, -0.15) is 0 Å². The molecule has 0 fully saturated rings. The molecular formula is C10H11N4NaO5. The molecule has 0 bridgehead atoms. The number of hydrogen-bond acceptors (Lipinski definition) is 7. The summed E-state index contributed by atoms with van der Waals surface area (Å²) in [6.45, 7) is -0.418. The van der Waals surface area contributed by atoms with Crippen molar-refractivity contribution < 1.29 is 49.1 Å². The molecule has 0 atom stereocenters. The fourth-order valence-corrected chi connectivity index (χ4v) is 1.21. The number of hydrogen-bond donors (Lipinski definition) is 0. The number of aliphatic carboxylic acids is 1. The summed E-state index contributed by atoms with van der Waals surface area (Å²) in [5.74, 6) is -1.13. The van der Waals surface area contributed by atoms with Crippen LogP contribution in [0.2, 0.25) is 0 Å². The van der Waals surface area contributed by atoms with Gasteiger partial charge in [-0.3, -0.25) is 15.1 Å². The van der Waals surface area contributed by atoms with Crippen LogP contribution in [0.3, 0.4) is 0 Å². The maximum Gasteiger partial charge on any atom is 1.00 e. The number of non-ortho nitro benzene ring substituents is 1. The molecule has 0 N–H and O–H groups in total. The van der Waals surface area contributed by atoms with Crippen molar-refractivity contribution in [3.63, 3.8) is 0 Å². The molecule has 0 saturated carbocycles. The predicted octanol–water partition coefficient (Wildman–Crippen LogP) is -2.71. The molecule has 0 spiro atoms. The summed E-state index contributed by atoms with van der Waals surface area (Å²) in [6, 6.07) is 3.80. The molecule has 0 amide bonds. The molecule has 0 aromatic heterocycles. The number of nitro groups is 1. The first kappa shape index (κ1) is 18.3. The van der Waals surface area contributed by atoms with Gasteiger partial charge in [-0.05, 0) is 6.07 Å². The SMILES string of the molecule is COc1cc([N+](=O)[O-])ccc1N=NN(C)CC(=O)[O-].[Na+]. The number of carbonyl (C=O) groups is 1. The van der Waals surface area contributed by atoms with Gasteiger partial charge in [-0.15, -0.1) is 5.11 Å². The zero-order valence-electron chi connectivity index (χ0n) is 11.3. The predicted molar refractivity (Wildman–Crippen MR) is 61.8 cm³/mol. The van der Waals surface area contributed by atoms with Crippen LogP contribution in [0.1, 0.15) is 0 Å². The van der Waals surface area contributed by atoms with Crippen LogP contribution in [0.4, 0.5) is 11.4 Å². The Labute approximate surface area is 136 Å². The van der Waals surface area contributed by atoms with Crippen LogP contribution in [-0.2, 0) is 4.79 Å². The van der Waals surface area contributed by atoms with E-state index in [4.69, 9.17) is 4.74 Å². The number of carboxylic acids is 1. The third-order valence-electron chi connectivity index (χ3n) is 2.04. The molecule has 1 aromatic rings. The van der Waals surface area contributed by atoms with Gasteiger partial charge in [0.1, 0.15) is 5.69 Å². The number of nitrogens with zero attached hydrogens (tertiary/aromatic N) is 4. The summed E-state index contributed by atoms with van der Waals surface area (Å²) in [6.07, 6.45) is 0. The molecule has 20 heavy (non-hydrogen) atoms. The first-order chi connectivity index (χ1) is 8.93. The van der Waals surface area contributed by atoms with Crippen molar-refractivity contribution in [2.75, 3.05) is 20.7 Å². The molecule has 1 aromatic carbocycles. The van der Waals surface area contributed by atoms with E-state index < -0.39 is 17.4 Å². The summed E-state index contributed by atoms with van der Waals surface area (Å²) in [5.41, 5.74) is 0.109. The molecule has 9 nitrogen and oxygen atoms in total. The fourth-order valence-electron chi connectivity index (χ4n) is 1.21. The largest absolute Gasteiger partial charge is 1.00 e. The zero-order valence-corrected chi connectivity index (χ0v) is 13.3. The van der Waals surface area contributed by atoms with Crippen molar-refractivity contribution in [2.45, 2.75) is 0 Å². The number of rotatable bonds is 6. The maximum absolute atomic E-state index is 10.6. The van der Waals surface area contributed by atoms with E-state index in [0.717, 1.165) is 5.01 Å². The van der Waals surface area contributed by atoms with E-state index in [-0.39, 0.29) is 46.7 Å². The molecule has 1 rings (SSSR count). The molecule has 0 radical (unpaired) electrons. The van der Waals surface area contributed by atoms with Crippen molar-refractivity contribution >= 4 is 17.3 Å². The number of carbonyl (C=O) groups excluding carboxylic acids is 1. The zero-order chi connectivity index (χ0) is 14.4. The standard InChI is InChI=1S/C10H12N4O5.Na/c1-13(6-10(15)16)12-11-8-4-3-7(14(17)18)5-9(8)19-2;/h3-5H,6H2,1-2H3,(H,15,16);/q;+1/p-1. The summed E-state index contributed by atoms with van der Waals surface area (Å²) in [7, 11) is 2.74.